The highest BCUT2D eigenvalue weighted by atomic mass is 19.3. The third kappa shape index (κ3) is 4.07. The second kappa shape index (κ2) is 8.23. The third-order valence-corrected chi connectivity index (χ3v) is 6.91. The number of alkyl halides is 2. The van der Waals surface area contributed by atoms with Gasteiger partial charge in [0.15, 0.2) is 0 Å². The van der Waals surface area contributed by atoms with Crippen LogP contribution in [0.4, 0.5) is 8.78 Å². The van der Waals surface area contributed by atoms with Gasteiger partial charge in [-0.05, 0) is 43.6 Å². The molecule has 5 rings (SSSR count). The summed E-state index contributed by atoms with van der Waals surface area (Å²) in [6.45, 7) is -0.290. The minimum atomic E-state index is -2.81. The highest BCUT2D eigenvalue weighted by molar-refractivity contribution is 5.33. The summed E-state index contributed by atoms with van der Waals surface area (Å²) in [5.74, 6) is 1.94. The first kappa shape index (κ1) is 19.9. The Morgan fingerprint density at radius 1 is 1.13 bits per heavy atom. The van der Waals surface area contributed by atoms with Crippen LogP contribution in [0.2, 0.25) is 0 Å². The molecule has 0 spiro atoms. The molecular formula is C22H28F2N4O2. The van der Waals surface area contributed by atoms with Crippen molar-refractivity contribution in [3.63, 3.8) is 0 Å². The Balaban J connectivity index is 1.27. The molecule has 0 radical (unpaired) electrons. The number of nitrogens with zero attached hydrogens (tertiary/aromatic N) is 4. The lowest BCUT2D eigenvalue weighted by Gasteiger charge is -2.37. The maximum absolute atomic E-state index is 12.7. The van der Waals surface area contributed by atoms with Crippen molar-refractivity contribution in [1.29, 1.82) is 0 Å². The van der Waals surface area contributed by atoms with Gasteiger partial charge in [-0.3, -0.25) is 4.90 Å². The zero-order chi connectivity index (χ0) is 20.7. The largest absolute Gasteiger partial charge is 0.434 e. The second-order valence-corrected chi connectivity index (χ2v) is 8.91. The lowest BCUT2D eigenvalue weighted by molar-refractivity contribution is -0.0507. The molecule has 2 aromatic rings. The summed E-state index contributed by atoms with van der Waals surface area (Å²) < 4.78 is 38.1. The van der Waals surface area contributed by atoms with Crippen molar-refractivity contribution in [2.75, 3.05) is 20.2 Å². The first-order chi connectivity index (χ1) is 14.6. The molecule has 0 N–H and O–H groups in total. The van der Waals surface area contributed by atoms with Crippen LogP contribution in [0.3, 0.4) is 0 Å². The summed E-state index contributed by atoms with van der Waals surface area (Å²) in [6, 6.07) is 7.28. The van der Waals surface area contributed by atoms with E-state index in [2.05, 4.69) is 21.4 Å². The number of aromatic nitrogens is 3. The van der Waals surface area contributed by atoms with Gasteiger partial charge in [0.25, 0.3) is 0 Å². The van der Waals surface area contributed by atoms with Gasteiger partial charge in [0, 0.05) is 44.4 Å². The summed E-state index contributed by atoms with van der Waals surface area (Å²) in [7, 11) is 1.78. The van der Waals surface area contributed by atoms with Gasteiger partial charge < -0.3 is 9.47 Å². The maximum Gasteiger partial charge on any atom is 0.387 e. The third-order valence-electron chi connectivity index (χ3n) is 6.91. The molecule has 0 unspecified atom stereocenters. The molecule has 1 aliphatic heterocycles. The number of para-hydroxylation sites is 1. The number of likely N-dealkylation sites (tertiary alicyclic amines) is 1. The first-order valence-electron chi connectivity index (χ1n) is 10.8. The highest BCUT2D eigenvalue weighted by Gasteiger charge is 2.43. The number of ether oxygens (including phenoxy) is 2. The highest BCUT2D eigenvalue weighted by Crippen LogP contribution is 2.44. The molecule has 162 valence electrons. The normalized spacial score (nSPS) is 29.3. The van der Waals surface area contributed by atoms with E-state index < -0.39 is 6.61 Å². The van der Waals surface area contributed by atoms with Crippen LogP contribution >= 0.6 is 0 Å². The standard InChI is InChI=1S/C22H28F2N4O2/c1-29-21-9-17-12-27(10-15-4-2-3-5-20(15)30-22(23)24)11-16(17)8-19(21)28-13-18(25-26-28)14-6-7-14/h2-5,13-14,16-17,19,21-22H,6-12H2,1H3/t16-,17+,19-,21-/m1/s1. The van der Waals surface area contributed by atoms with Gasteiger partial charge in [0.1, 0.15) is 5.75 Å². The van der Waals surface area contributed by atoms with Crippen LogP contribution in [0.1, 0.15) is 48.9 Å². The van der Waals surface area contributed by atoms with Gasteiger partial charge in [0.2, 0.25) is 0 Å². The molecule has 2 heterocycles. The summed E-state index contributed by atoms with van der Waals surface area (Å²) in [6.07, 6.45) is 6.65. The van der Waals surface area contributed by atoms with Gasteiger partial charge in [0.05, 0.1) is 17.8 Å². The summed E-state index contributed by atoms with van der Waals surface area (Å²) in [5.41, 5.74) is 1.91. The molecule has 1 aromatic carbocycles. The molecular weight excluding hydrogens is 390 g/mol. The zero-order valence-corrected chi connectivity index (χ0v) is 17.2. The van der Waals surface area contributed by atoms with E-state index in [1.54, 1.807) is 19.2 Å². The molecule has 0 amide bonds. The van der Waals surface area contributed by atoms with E-state index in [0.29, 0.717) is 24.3 Å². The summed E-state index contributed by atoms with van der Waals surface area (Å²) >= 11 is 0. The number of benzene rings is 1. The molecule has 30 heavy (non-hydrogen) atoms. The van der Waals surface area contributed by atoms with Gasteiger partial charge >= 0.3 is 6.61 Å². The van der Waals surface area contributed by atoms with E-state index in [1.807, 2.05) is 16.8 Å². The van der Waals surface area contributed by atoms with Gasteiger partial charge in [-0.15, -0.1) is 5.10 Å². The van der Waals surface area contributed by atoms with E-state index >= 15 is 0 Å². The summed E-state index contributed by atoms with van der Waals surface area (Å²) in [4.78, 5) is 2.36. The maximum atomic E-state index is 12.7. The van der Waals surface area contributed by atoms with E-state index in [1.165, 1.54) is 12.8 Å². The minimum Gasteiger partial charge on any atom is -0.434 e. The van der Waals surface area contributed by atoms with E-state index in [4.69, 9.17) is 9.47 Å². The van der Waals surface area contributed by atoms with E-state index in [0.717, 1.165) is 37.2 Å². The monoisotopic (exact) mass is 418 g/mol. The van der Waals surface area contributed by atoms with Crippen molar-refractivity contribution in [2.45, 2.75) is 56.9 Å². The number of hydrogen-bond acceptors (Lipinski definition) is 5. The molecule has 2 saturated carbocycles. The molecule has 8 heteroatoms. The fourth-order valence-electron chi connectivity index (χ4n) is 5.25. The smallest absolute Gasteiger partial charge is 0.387 e. The van der Waals surface area contributed by atoms with Crippen LogP contribution in [0.15, 0.2) is 30.5 Å². The molecule has 1 saturated heterocycles. The van der Waals surface area contributed by atoms with Crippen LogP contribution in [-0.2, 0) is 11.3 Å². The van der Waals surface area contributed by atoms with Crippen molar-refractivity contribution in [1.82, 2.24) is 19.9 Å². The Hall–Kier alpha value is -2.06. The van der Waals surface area contributed by atoms with Crippen LogP contribution in [0.25, 0.3) is 0 Å². The molecule has 2 aliphatic carbocycles. The Morgan fingerprint density at radius 3 is 2.63 bits per heavy atom. The first-order valence-corrected chi connectivity index (χ1v) is 10.8. The SMILES string of the molecule is CO[C@@H]1C[C@H]2CN(Cc3ccccc3OC(F)F)C[C@H]2C[C@H]1n1cc(C2CC2)nn1. The van der Waals surface area contributed by atoms with Crippen molar-refractivity contribution < 1.29 is 18.3 Å². The molecule has 6 nitrogen and oxygen atoms in total. The second-order valence-electron chi connectivity index (χ2n) is 8.91. The van der Waals surface area contributed by atoms with E-state index in [9.17, 15) is 8.78 Å². The fourth-order valence-corrected chi connectivity index (χ4v) is 5.25. The lowest BCUT2D eigenvalue weighted by Crippen LogP contribution is -2.37. The fraction of sp³-hybridized carbons (Fsp3) is 0.636. The lowest BCUT2D eigenvalue weighted by atomic mass is 9.77. The quantitative estimate of drug-likeness (QED) is 0.684. The van der Waals surface area contributed by atoms with Gasteiger partial charge in [-0.2, -0.15) is 8.78 Å². The molecule has 0 bridgehead atoms. The summed E-state index contributed by atoms with van der Waals surface area (Å²) in [5, 5.41) is 8.81. The average Bonchev–Trinajstić information content (AvgIpc) is 3.32. The van der Waals surface area contributed by atoms with Gasteiger partial charge in [-0.1, -0.05) is 23.4 Å². The zero-order valence-electron chi connectivity index (χ0n) is 17.2. The van der Waals surface area contributed by atoms with Crippen LogP contribution in [0.5, 0.6) is 5.75 Å². The number of halogens is 2. The van der Waals surface area contributed by atoms with Crippen molar-refractivity contribution in [3.8, 4) is 5.75 Å². The molecule has 3 aliphatic rings. The predicted molar refractivity (Wildman–Crippen MR) is 106 cm³/mol. The van der Waals surface area contributed by atoms with E-state index in [-0.39, 0.29) is 17.9 Å². The molecule has 1 aromatic heterocycles. The Kier molecular flexibility index (Phi) is 5.45. The molecule has 3 fully saturated rings. The Bertz CT molecular complexity index is 872. The van der Waals surface area contributed by atoms with Gasteiger partial charge in [-0.25, -0.2) is 4.68 Å². The Labute approximate surface area is 175 Å². The molecule has 4 atom stereocenters. The van der Waals surface area contributed by atoms with Crippen LogP contribution in [0, 0.1) is 11.8 Å². The van der Waals surface area contributed by atoms with Crippen molar-refractivity contribution >= 4 is 0 Å². The number of methoxy groups -OCH3 is 1. The predicted octanol–water partition coefficient (Wildman–Crippen LogP) is 3.86. The van der Waals surface area contributed by atoms with Crippen molar-refractivity contribution in [3.05, 3.63) is 41.7 Å². The van der Waals surface area contributed by atoms with Crippen molar-refractivity contribution in [2.24, 2.45) is 11.8 Å². The number of hydrogen-bond donors (Lipinski definition) is 0. The topological polar surface area (TPSA) is 52.4 Å². The number of rotatable bonds is 7. The average molecular weight is 418 g/mol. The number of fused-ring (bicyclic) bond motifs is 1. The minimum absolute atomic E-state index is 0.120. The Morgan fingerprint density at radius 2 is 1.90 bits per heavy atom. The van der Waals surface area contributed by atoms with Crippen LogP contribution < -0.4 is 4.74 Å². The van der Waals surface area contributed by atoms with Crippen LogP contribution in [-0.4, -0.2) is 52.8 Å².